The predicted molar refractivity (Wildman–Crippen MR) is 99.8 cm³/mol. The lowest BCUT2D eigenvalue weighted by Gasteiger charge is -2.10. The first-order chi connectivity index (χ1) is 13.0. The van der Waals surface area contributed by atoms with E-state index in [0.717, 1.165) is 35.8 Å². The quantitative estimate of drug-likeness (QED) is 0.713. The molecule has 0 unspecified atom stereocenters. The topological polar surface area (TPSA) is 68.5 Å². The molecule has 1 aliphatic rings. The first-order valence-corrected chi connectivity index (χ1v) is 8.79. The fourth-order valence-corrected chi connectivity index (χ4v) is 3.46. The SMILES string of the molecule is Cc1cc(F)ccc1NC(=O)COc1ccc2c3c(c(=O)oc2c1)CCC3. The van der Waals surface area contributed by atoms with Crippen molar-refractivity contribution in [2.45, 2.75) is 26.2 Å². The molecular weight excluding hydrogens is 349 g/mol. The second kappa shape index (κ2) is 6.87. The molecule has 3 aromatic rings. The zero-order valence-corrected chi connectivity index (χ0v) is 14.8. The van der Waals surface area contributed by atoms with Gasteiger partial charge in [-0.15, -0.1) is 0 Å². The second-order valence-electron chi connectivity index (χ2n) is 6.65. The molecule has 0 bridgehead atoms. The summed E-state index contributed by atoms with van der Waals surface area (Å²) in [6.07, 6.45) is 2.59. The highest BCUT2D eigenvalue weighted by molar-refractivity contribution is 5.92. The third-order valence-corrected chi connectivity index (χ3v) is 4.78. The summed E-state index contributed by atoms with van der Waals surface area (Å²) >= 11 is 0. The smallest absolute Gasteiger partial charge is 0.339 e. The highest BCUT2D eigenvalue weighted by Gasteiger charge is 2.19. The standard InChI is InChI=1S/C21H18FNO4/c1-12-9-13(22)5-8-18(12)23-20(24)11-26-14-6-7-16-15-3-2-4-17(15)21(25)27-19(16)10-14/h5-10H,2-4,11H2,1H3,(H,23,24). The van der Waals surface area contributed by atoms with Crippen molar-refractivity contribution >= 4 is 22.6 Å². The van der Waals surface area contributed by atoms with Gasteiger partial charge in [0.2, 0.25) is 0 Å². The molecule has 138 valence electrons. The third-order valence-electron chi connectivity index (χ3n) is 4.78. The van der Waals surface area contributed by atoms with Crippen LogP contribution in [0.1, 0.15) is 23.1 Å². The van der Waals surface area contributed by atoms with E-state index in [4.69, 9.17) is 9.15 Å². The molecule has 0 radical (unpaired) electrons. The Morgan fingerprint density at radius 2 is 2.00 bits per heavy atom. The van der Waals surface area contributed by atoms with E-state index in [9.17, 15) is 14.0 Å². The molecule has 0 saturated heterocycles. The normalized spacial score (nSPS) is 12.8. The number of rotatable bonds is 4. The lowest BCUT2D eigenvalue weighted by molar-refractivity contribution is -0.118. The molecule has 1 heterocycles. The van der Waals surface area contributed by atoms with E-state index in [-0.39, 0.29) is 24.0 Å². The van der Waals surface area contributed by atoms with Crippen molar-refractivity contribution in [3.63, 3.8) is 0 Å². The molecule has 1 aliphatic carbocycles. The third kappa shape index (κ3) is 3.43. The minimum atomic E-state index is -0.361. The van der Waals surface area contributed by atoms with E-state index in [0.29, 0.717) is 22.6 Å². The molecule has 1 N–H and O–H groups in total. The van der Waals surface area contributed by atoms with Gasteiger partial charge in [0, 0.05) is 22.7 Å². The Balaban J connectivity index is 1.48. The zero-order chi connectivity index (χ0) is 19.0. The van der Waals surface area contributed by atoms with Gasteiger partial charge in [0.05, 0.1) is 0 Å². The van der Waals surface area contributed by atoms with Gasteiger partial charge in [-0.1, -0.05) is 0 Å². The molecule has 0 atom stereocenters. The minimum Gasteiger partial charge on any atom is -0.484 e. The van der Waals surface area contributed by atoms with E-state index >= 15 is 0 Å². The lowest BCUT2D eigenvalue weighted by atomic mass is 10.1. The summed E-state index contributed by atoms with van der Waals surface area (Å²) in [5, 5.41) is 3.60. The van der Waals surface area contributed by atoms with Crippen LogP contribution in [0.5, 0.6) is 5.75 Å². The fourth-order valence-electron chi connectivity index (χ4n) is 3.46. The summed E-state index contributed by atoms with van der Waals surface area (Å²) in [4.78, 5) is 24.2. The van der Waals surface area contributed by atoms with Crippen LogP contribution in [-0.2, 0) is 17.6 Å². The highest BCUT2D eigenvalue weighted by Crippen LogP contribution is 2.29. The number of aryl methyl sites for hydroxylation is 2. The van der Waals surface area contributed by atoms with E-state index < -0.39 is 0 Å². The van der Waals surface area contributed by atoms with Gasteiger partial charge in [0.15, 0.2) is 6.61 Å². The Hall–Kier alpha value is -3.15. The average Bonchev–Trinajstić information content (AvgIpc) is 3.13. The zero-order valence-electron chi connectivity index (χ0n) is 14.8. The molecule has 5 nitrogen and oxygen atoms in total. The molecule has 0 saturated carbocycles. The minimum absolute atomic E-state index is 0.211. The predicted octanol–water partition coefficient (Wildman–Crippen LogP) is 3.75. The summed E-state index contributed by atoms with van der Waals surface area (Å²) in [6, 6.07) is 9.39. The molecule has 27 heavy (non-hydrogen) atoms. The van der Waals surface area contributed by atoms with E-state index in [1.54, 1.807) is 19.1 Å². The van der Waals surface area contributed by atoms with Gasteiger partial charge in [-0.05, 0) is 67.6 Å². The largest absolute Gasteiger partial charge is 0.484 e. The Bertz CT molecular complexity index is 1100. The van der Waals surface area contributed by atoms with Crippen molar-refractivity contribution in [3.8, 4) is 5.75 Å². The lowest BCUT2D eigenvalue weighted by Crippen LogP contribution is -2.20. The molecule has 0 aliphatic heterocycles. The van der Waals surface area contributed by atoms with Gasteiger partial charge in [-0.25, -0.2) is 9.18 Å². The Morgan fingerprint density at radius 3 is 2.81 bits per heavy atom. The van der Waals surface area contributed by atoms with Crippen molar-refractivity contribution < 1.29 is 18.3 Å². The molecular formula is C21H18FNO4. The number of carbonyl (C=O) groups is 1. The Labute approximate surface area is 154 Å². The maximum atomic E-state index is 13.1. The van der Waals surface area contributed by atoms with Crippen molar-refractivity contribution in [2.75, 3.05) is 11.9 Å². The number of hydrogen-bond donors (Lipinski definition) is 1. The summed E-state index contributed by atoms with van der Waals surface area (Å²) in [5.74, 6) is -0.277. The van der Waals surface area contributed by atoms with Gasteiger partial charge in [-0.2, -0.15) is 0 Å². The first-order valence-electron chi connectivity index (χ1n) is 8.79. The summed E-state index contributed by atoms with van der Waals surface area (Å²) in [6.45, 7) is 1.50. The average molecular weight is 367 g/mol. The second-order valence-corrected chi connectivity index (χ2v) is 6.65. The number of amides is 1. The molecule has 2 aromatic carbocycles. The highest BCUT2D eigenvalue weighted by atomic mass is 19.1. The van der Waals surface area contributed by atoms with Crippen LogP contribution in [0.2, 0.25) is 0 Å². The number of hydrogen-bond acceptors (Lipinski definition) is 4. The van der Waals surface area contributed by atoms with Crippen LogP contribution in [0.25, 0.3) is 11.0 Å². The van der Waals surface area contributed by atoms with Crippen LogP contribution in [0, 0.1) is 12.7 Å². The van der Waals surface area contributed by atoms with Crippen molar-refractivity contribution in [1.82, 2.24) is 0 Å². The molecule has 1 aromatic heterocycles. The van der Waals surface area contributed by atoms with Crippen LogP contribution in [0.3, 0.4) is 0 Å². The van der Waals surface area contributed by atoms with Gasteiger partial charge in [-0.3, -0.25) is 4.79 Å². The number of halogens is 1. The number of ether oxygens (including phenoxy) is 1. The Morgan fingerprint density at radius 1 is 1.19 bits per heavy atom. The van der Waals surface area contributed by atoms with E-state index in [1.807, 2.05) is 6.07 Å². The molecule has 0 spiro atoms. The maximum Gasteiger partial charge on any atom is 0.339 e. The fraction of sp³-hybridized carbons (Fsp3) is 0.238. The molecule has 0 fully saturated rings. The summed E-state index contributed by atoms with van der Waals surface area (Å²) < 4.78 is 24.1. The monoisotopic (exact) mass is 367 g/mol. The van der Waals surface area contributed by atoms with Crippen LogP contribution in [0.15, 0.2) is 45.6 Å². The van der Waals surface area contributed by atoms with Crippen molar-refractivity contribution in [2.24, 2.45) is 0 Å². The van der Waals surface area contributed by atoms with Gasteiger partial charge in [0.25, 0.3) is 5.91 Å². The summed E-state index contributed by atoms with van der Waals surface area (Å²) in [7, 11) is 0. The number of carbonyl (C=O) groups excluding carboxylic acids is 1. The van der Waals surface area contributed by atoms with Gasteiger partial charge < -0.3 is 14.5 Å². The van der Waals surface area contributed by atoms with Crippen LogP contribution in [-0.4, -0.2) is 12.5 Å². The maximum absolute atomic E-state index is 13.1. The van der Waals surface area contributed by atoms with Crippen LogP contribution < -0.4 is 15.7 Å². The first kappa shape index (κ1) is 17.3. The number of anilines is 1. The Kier molecular flexibility index (Phi) is 4.39. The number of benzene rings is 2. The van der Waals surface area contributed by atoms with Crippen molar-refractivity contribution in [3.05, 3.63) is 69.3 Å². The van der Waals surface area contributed by atoms with Crippen LogP contribution >= 0.6 is 0 Å². The molecule has 6 heteroatoms. The van der Waals surface area contributed by atoms with Crippen molar-refractivity contribution in [1.29, 1.82) is 0 Å². The molecule has 4 rings (SSSR count). The van der Waals surface area contributed by atoms with Gasteiger partial charge in [0.1, 0.15) is 17.1 Å². The summed E-state index contributed by atoms with van der Waals surface area (Å²) in [5.41, 5.74) is 3.15. The van der Waals surface area contributed by atoms with Crippen LogP contribution in [0.4, 0.5) is 10.1 Å². The van der Waals surface area contributed by atoms with Gasteiger partial charge >= 0.3 is 5.63 Å². The van der Waals surface area contributed by atoms with E-state index in [1.165, 1.54) is 18.2 Å². The molecule has 1 amide bonds. The van der Waals surface area contributed by atoms with E-state index in [2.05, 4.69) is 5.32 Å². The number of nitrogens with one attached hydrogen (secondary N) is 1. The number of fused-ring (bicyclic) bond motifs is 3.